The molecule has 1 rings (SSSR count). The number of allylic oxidation sites excluding steroid dienone is 1. The Hall–Kier alpha value is -0.670. The fourth-order valence-corrected chi connectivity index (χ4v) is 1.19. The van der Waals surface area contributed by atoms with Gasteiger partial charge >= 0.3 is 0 Å². The minimum absolute atomic E-state index is 0.0771. The van der Waals surface area contributed by atoms with Crippen molar-refractivity contribution in [2.24, 2.45) is 0 Å². The Balaban J connectivity index is 2.58. The number of carbonyl (C=O) groups excluding carboxylic acids is 1. The SMILES string of the molecule is CC(=O)C(C)=C[C@H]1COC(C)(C)O1. The maximum atomic E-state index is 10.9. The molecule has 0 spiro atoms. The topological polar surface area (TPSA) is 35.5 Å². The molecule has 3 nitrogen and oxygen atoms in total. The number of rotatable bonds is 2. The van der Waals surface area contributed by atoms with Gasteiger partial charge in [0.1, 0.15) is 6.10 Å². The van der Waals surface area contributed by atoms with Crippen LogP contribution in [0.4, 0.5) is 0 Å². The smallest absolute Gasteiger partial charge is 0.163 e. The lowest BCUT2D eigenvalue weighted by molar-refractivity contribution is -0.133. The lowest BCUT2D eigenvalue weighted by Gasteiger charge is -2.15. The van der Waals surface area contributed by atoms with Crippen molar-refractivity contribution in [2.75, 3.05) is 6.61 Å². The van der Waals surface area contributed by atoms with E-state index in [4.69, 9.17) is 9.47 Å². The second-order valence-electron chi connectivity index (χ2n) is 3.77. The lowest BCUT2D eigenvalue weighted by atomic mass is 10.1. The molecule has 0 amide bonds. The minimum atomic E-state index is -0.516. The highest BCUT2D eigenvalue weighted by atomic mass is 16.7. The maximum Gasteiger partial charge on any atom is 0.163 e. The van der Waals surface area contributed by atoms with Crippen LogP contribution in [0.5, 0.6) is 0 Å². The van der Waals surface area contributed by atoms with Crippen LogP contribution in [0.3, 0.4) is 0 Å². The molecule has 1 aliphatic heterocycles. The van der Waals surface area contributed by atoms with Crippen LogP contribution in [0.2, 0.25) is 0 Å². The van der Waals surface area contributed by atoms with Crippen LogP contribution < -0.4 is 0 Å². The molecule has 0 aromatic carbocycles. The summed E-state index contributed by atoms with van der Waals surface area (Å²) < 4.78 is 10.9. The monoisotopic (exact) mass is 184 g/mol. The first kappa shape index (κ1) is 10.4. The Labute approximate surface area is 78.7 Å². The molecule has 0 aromatic heterocycles. The van der Waals surface area contributed by atoms with Gasteiger partial charge in [0.05, 0.1) is 6.61 Å². The molecular weight excluding hydrogens is 168 g/mol. The predicted molar refractivity (Wildman–Crippen MR) is 49.3 cm³/mol. The molecule has 1 fully saturated rings. The lowest BCUT2D eigenvalue weighted by Crippen LogP contribution is -2.21. The summed E-state index contributed by atoms with van der Waals surface area (Å²) in [4.78, 5) is 10.9. The van der Waals surface area contributed by atoms with Crippen LogP contribution in [0.25, 0.3) is 0 Å². The molecule has 0 saturated carbocycles. The molecule has 13 heavy (non-hydrogen) atoms. The van der Waals surface area contributed by atoms with Crippen LogP contribution >= 0.6 is 0 Å². The van der Waals surface area contributed by atoms with E-state index in [2.05, 4.69) is 0 Å². The van der Waals surface area contributed by atoms with Crippen LogP contribution in [-0.4, -0.2) is 24.3 Å². The number of Topliss-reactive ketones (excluding diaryl/α,β-unsaturated/α-hetero) is 1. The molecule has 1 aliphatic rings. The molecule has 74 valence electrons. The van der Waals surface area contributed by atoms with Gasteiger partial charge in [0.2, 0.25) is 0 Å². The summed E-state index contributed by atoms with van der Waals surface area (Å²) in [6.07, 6.45) is 1.73. The molecule has 0 N–H and O–H groups in total. The van der Waals surface area contributed by atoms with Gasteiger partial charge in [-0.3, -0.25) is 4.79 Å². The fourth-order valence-electron chi connectivity index (χ4n) is 1.19. The van der Waals surface area contributed by atoms with Gasteiger partial charge in [-0.25, -0.2) is 0 Å². The quantitative estimate of drug-likeness (QED) is 0.612. The summed E-state index contributed by atoms with van der Waals surface area (Å²) in [7, 11) is 0. The number of ketones is 1. The zero-order valence-corrected chi connectivity index (χ0v) is 8.59. The van der Waals surface area contributed by atoms with E-state index in [0.717, 1.165) is 5.57 Å². The molecule has 0 unspecified atom stereocenters. The zero-order valence-electron chi connectivity index (χ0n) is 8.59. The first-order valence-electron chi connectivity index (χ1n) is 4.42. The van der Waals surface area contributed by atoms with Crippen molar-refractivity contribution in [3.05, 3.63) is 11.6 Å². The minimum Gasteiger partial charge on any atom is -0.347 e. The van der Waals surface area contributed by atoms with Gasteiger partial charge in [0.25, 0.3) is 0 Å². The van der Waals surface area contributed by atoms with Crippen molar-refractivity contribution in [3.63, 3.8) is 0 Å². The third-order valence-electron chi connectivity index (χ3n) is 2.02. The molecule has 1 atom stereocenters. The number of hydrogen-bond acceptors (Lipinski definition) is 3. The van der Waals surface area contributed by atoms with Gasteiger partial charge in [-0.15, -0.1) is 0 Å². The van der Waals surface area contributed by atoms with E-state index in [-0.39, 0.29) is 11.9 Å². The van der Waals surface area contributed by atoms with Crippen molar-refractivity contribution >= 4 is 5.78 Å². The summed E-state index contributed by atoms with van der Waals surface area (Å²) in [5.74, 6) is -0.439. The van der Waals surface area contributed by atoms with E-state index >= 15 is 0 Å². The number of ether oxygens (including phenoxy) is 2. The van der Waals surface area contributed by atoms with E-state index < -0.39 is 5.79 Å². The van der Waals surface area contributed by atoms with Gasteiger partial charge < -0.3 is 9.47 Å². The molecule has 3 heteroatoms. The van der Waals surface area contributed by atoms with Crippen molar-refractivity contribution in [1.82, 2.24) is 0 Å². The van der Waals surface area contributed by atoms with Gasteiger partial charge in [0.15, 0.2) is 11.6 Å². The van der Waals surface area contributed by atoms with E-state index in [9.17, 15) is 4.79 Å². The van der Waals surface area contributed by atoms with Gasteiger partial charge in [0, 0.05) is 0 Å². The largest absolute Gasteiger partial charge is 0.347 e. The second-order valence-corrected chi connectivity index (χ2v) is 3.77. The van der Waals surface area contributed by atoms with Crippen LogP contribution in [0, 0.1) is 0 Å². The standard InChI is InChI=1S/C10H16O3/c1-7(8(2)11)5-9-6-12-10(3,4)13-9/h5,9H,6H2,1-4H3/t9-/m0/s1. The second kappa shape index (κ2) is 3.60. The Morgan fingerprint density at radius 2 is 2.08 bits per heavy atom. The molecule has 1 saturated heterocycles. The van der Waals surface area contributed by atoms with E-state index in [1.165, 1.54) is 0 Å². The molecule has 0 bridgehead atoms. The summed E-state index contributed by atoms with van der Waals surface area (Å²) in [6, 6.07) is 0. The normalized spacial score (nSPS) is 27.7. The Morgan fingerprint density at radius 1 is 1.46 bits per heavy atom. The van der Waals surface area contributed by atoms with Crippen molar-refractivity contribution in [3.8, 4) is 0 Å². The third-order valence-corrected chi connectivity index (χ3v) is 2.02. The number of hydrogen-bond donors (Lipinski definition) is 0. The molecular formula is C10H16O3. The fraction of sp³-hybridized carbons (Fsp3) is 0.700. The average Bonchev–Trinajstić information content (AvgIpc) is 2.30. The molecule has 0 radical (unpaired) electrons. The Morgan fingerprint density at radius 3 is 2.46 bits per heavy atom. The van der Waals surface area contributed by atoms with Gasteiger partial charge in [-0.2, -0.15) is 0 Å². The summed E-state index contributed by atoms with van der Waals surface area (Å²) in [5, 5.41) is 0. The Kier molecular flexibility index (Phi) is 2.88. The van der Waals surface area contributed by atoms with Gasteiger partial charge in [-0.1, -0.05) is 0 Å². The number of carbonyl (C=O) groups is 1. The first-order valence-corrected chi connectivity index (χ1v) is 4.42. The summed E-state index contributed by atoms with van der Waals surface area (Å²) in [6.45, 7) is 7.59. The van der Waals surface area contributed by atoms with E-state index in [1.807, 2.05) is 19.9 Å². The maximum absolute atomic E-state index is 10.9. The summed E-state index contributed by atoms with van der Waals surface area (Å²) >= 11 is 0. The van der Waals surface area contributed by atoms with Crippen LogP contribution in [-0.2, 0) is 14.3 Å². The molecule has 0 aromatic rings. The van der Waals surface area contributed by atoms with Crippen LogP contribution in [0.1, 0.15) is 27.7 Å². The van der Waals surface area contributed by atoms with Crippen LogP contribution in [0.15, 0.2) is 11.6 Å². The van der Waals surface area contributed by atoms with E-state index in [1.54, 1.807) is 13.8 Å². The van der Waals surface area contributed by atoms with Gasteiger partial charge in [-0.05, 0) is 39.3 Å². The summed E-state index contributed by atoms with van der Waals surface area (Å²) in [5.41, 5.74) is 0.728. The Bertz CT molecular complexity index is 241. The third kappa shape index (κ3) is 2.94. The van der Waals surface area contributed by atoms with Crippen molar-refractivity contribution < 1.29 is 14.3 Å². The van der Waals surface area contributed by atoms with Crippen molar-refractivity contribution in [2.45, 2.75) is 39.6 Å². The van der Waals surface area contributed by atoms with Crippen molar-refractivity contribution in [1.29, 1.82) is 0 Å². The zero-order chi connectivity index (χ0) is 10.1. The first-order chi connectivity index (χ1) is 5.91. The average molecular weight is 184 g/mol. The molecule has 0 aliphatic carbocycles. The highest BCUT2D eigenvalue weighted by molar-refractivity contribution is 5.92. The highest BCUT2D eigenvalue weighted by Gasteiger charge is 2.31. The predicted octanol–water partition coefficient (Wildman–Crippen LogP) is 1.67. The van der Waals surface area contributed by atoms with E-state index in [0.29, 0.717) is 6.61 Å². The molecule has 1 heterocycles. The highest BCUT2D eigenvalue weighted by Crippen LogP contribution is 2.23.